The Morgan fingerprint density at radius 3 is 2.92 bits per heavy atom. The van der Waals surface area contributed by atoms with E-state index >= 15 is 0 Å². The van der Waals surface area contributed by atoms with Crippen LogP contribution in [0.2, 0.25) is 0 Å². The summed E-state index contributed by atoms with van der Waals surface area (Å²) < 4.78 is 12.4. The number of aliphatic carboxylic acids is 1. The fourth-order valence-electron chi connectivity index (χ4n) is 2.30. The topological polar surface area (TPSA) is 103 Å². The molecule has 0 aromatic carbocycles. The first-order chi connectivity index (χ1) is 11.3. The molecular formula is C16H25N3O5. The predicted octanol–water partition coefficient (Wildman–Crippen LogP) is 1.62. The average Bonchev–Trinajstić information content (AvgIpc) is 3.02. The second-order valence-electron chi connectivity index (χ2n) is 6.49. The summed E-state index contributed by atoms with van der Waals surface area (Å²) in [6.45, 7) is 5.87. The van der Waals surface area contributed by atoms with Crippen LogP contribution >= 0.6 is 0 Å². The van der Waals surface area contributed by atoms with Crippen LogP contribution in [-0.2, 0) is 24.6 Å². The maximum absolute atomic E-state index is 12.1. The van der Waals surface area contributed by atoms with Crippen LogP contribution in [0.15, 0.2) is 12.4 Å². The van der Waals surface area contributed by atoms with Crippen LogP contribution in [0.25, 0.3) is 0 Å². The normalized spacial score (nSPS) is 19.7. The van der Waals surface area contributed by atoms with E-state index in [-0.39, 0.29) is 12.0 Å². The molecule has 8 nitrogen and oxygen atoms in total. The van der Waals surface area contributed by atoms with Gasteiger partial charge in [-0.1, -0.05) is 0 Å². The molecule has 0 bridgehead atoms. The second kappa shape index (κ2) is 7.76. The van der Waals surface area contributed by atoms with E-state index in [1.54, 1.807) is 6.92 Å². The molecule has 0 radical (unpaired) electrons. The highest BCUT2D eigenvalue weighted by Gasteiger charge is 2.30. The van der Waals surface area contributed by atoms with Crippen molar-refractivity contribution in [3.8, 4) is 0 Å². The van der Waals surface area contributed by atoms with Crippen LogP contribution in [0, 0.1) is 0 Å². The first kappa shape index (κ1) is 18.4. The smallest absolute Gasteiger partial charge is 0.331 e. The van der Waals surface area contributed by atoms with Crippen molar-refractivity contribution in [2.45, 2.75) is 57.8 Å². The van der Waals surface area contributed by atoms with Crippen LogP contribution in [0.5, 0.6) is 0 Å². The maximum Gasteiger partial charge on any atom is 0.331 e. The lowest BCUT2D eigenvalue weighted by Gasteiger charge is -2.23. The largest absolute Gasteiger partial charge is 0.479 e. The van der Waals surface area contributed by atoms with Crippen molar-refractivity contribution in [3.05, 3.63) is 12.4 Å². The Bertz CT molecular complexity index is 578. The monoisotopic (exact) mass is 339 g/mol. The molecule has 1 aliphatic heterocycles. The van der Waals surface area contributed by atoms with Gasteiger partial charge in [0.1, 0.15) is 6.10 Å². The Labute approximate surface area is 141 Å². The van der Waals surface area contributed by atoms with Crippen molar-refractivity contribution < 1.29 is 24.2 Å². The Morgan fingerprint density at radius 1 is 1.54 bits per heavy atom. The van der Waals surface area contributed by atoms with E-state index in [0.29, 0.717) is 12.3 Å². The standard InChI is InChI=1S/C16H25N3O5/c1-11(24-10-13-6-4-5-7-23-13)14(20)18-12-8-17-19(9-12)16(2,3)15(21)22/h8-9,11,13H,4-7,10H2,1-3H3,(H,18,20)(H,21,22). The van der Waals surface area contributed by atoms with Crippen molar-refractivity contribution in [2.24, 2.45) is 0 Å². The van der Waals surface area contributed by atoms with Crippen molar-refractivity contribution in [2.75, 3.05) is 18.5 Å². The first-order valence-corrected chi connectivity index (χ1v) is 8.13. The summed E-state index contributed by atoms with van der Waals surface area (Å²) in [6.07, 6.45) is 5.46. The van der Waals surface area contributed by atoms with Gasteiger partial charge in [-0.05, 0) is 40.0 Å². The highest BCUT2D eigenvalue weighted by molar-refractivity contribution is 5.93. The number of carbonyl (C=O) groups excluding carboxylic acids is 1. The number of rotatable bonds is 7. The van der Waals surface area contributed by atoms with Crippen molar-refractivity contribution in [3.63, 3.8) is 0 Å². The number of carboxylic acid groups (broad SMARTS) is 1. The second-order valence-corrected chi connectivity index (χ2v) is 6.49. The summed E-state index contributed by atoms with van der Waals surface area (Å²) in [7, 11) is 0. The van der Waals surface area contributed by atoms with E-state index < -0.39 is 17.6 Å². The van der Waals surface area contributed by atoms with Gasteiger partial charge < -0.3 is 19.9 Å². The molecule has 0 aliphatic carbocycles. The molecule has 24 heavy (non-hydrogen) atoms. The zero-order valence-corrected chi connectivity index (χ0v) is 14.3. The fourth-order valence-corrected chi connectivity index (χ4v) is 2.30. The van der Waals surface area contributed by atoms with E-state index in [0.717, 1.165) is 25.9 Å². The number of hydrogen-bond donors (Lipinski definition) is 2. The molecule has 1 aromatic heterocycles. The van der Waals surface area contributed by atoms with Crippen LogP contribution in [0.4, 0.5) is 5.69 Å². The van der Waals surface area contributed by atoms with Gasteiger partial charge >= 0.3 is 5.97 Å². The molecule has 1 aromatic rings. The number of carbonyl (C=O) groups is 2. The minimum atomic E-state index is -1.19. The molecule has 8 heteroatoms. The van der Waals surface area contributed by atoms with E-state index in [9.17, 15) is 14.7 Å². The zero-order valence-electron chi connectivity index (χ0n) is 14.3. The van der Waals surface area contributed by atoms with Gasteiger partial charge in [-0.15, -0.1) is 0 Å². The molecule has 2 rings (SSSR count). The molecular weight excluding hydrogens is 314 g/mol. The number of anilines is 1. The first-order valence-electron chi connectivity index (χ1n) is 8.13. The van der Waals surface area contributed by atoms with E-state index in [1.807, 2.05) is 0 Å². The third-order valence-electron chi connectivity index (χ3n) is 4.12. The number of aromatic nitrogens is 2. The van der Waals surface area contributed by atoms with E-state index in [1.165, 1.54) is 30.9 Å². The quantitative estimate of drug-likeness (QED) is 0.782. The fraction of sp³-hybridized carbons (Fsp3) is 0.688. The lowest BCUT2D eigenvalue weighted by atomic mass is 10.1. The van der Waals surface area contributed by atoms with Crippen LogP contribution < -0.4 is 5.32 Å². The summed E-state index contributed by atoms with van der Waals surface area (Å²) in [5.74, 6) is -1.31. The molecule has 134 valence electrons. The Balaban J connectivity index is 1.85. The van der Waals surface area contributed by atoms with E-state index in [2.05, 4.69) is 10.4 Å². The molecule has 2 heterocycles. The summed E-state index contributed by atoms with van der Waals surface area (Å²) in [5.41, 5.74) is -0.762. The SMILES string of the molecule is CC(OCC1CCCCO1)C(=O)Nc1cnn(C(C)(C)C(=O)O)c1. The van der Waals surface area contributed by atoms with Gasteiger partial charge in [0.2, 0.25) is 0 Å². The zero-order chi connectivity index (χ0) is 17.7. The third-order valence-corrected chi connectivity index (χ3v) is 4.12. The lowest BCUT2D eigenvalue weighted by Crippen LogP contribution is -2.36. The predicted molar refractivity (Wildman–Crippen MR) is 86.8 cm³/mol. The summed E-state index contributed by atoms with van der Waals surface area (Å²) in [5, 5.41) is 15.9. The van der Waals surface area contributed by atoms with Crippen molar-refractivity contribution in [1.29, 1.82) is 0 Å². The van der Waals surface area contributed by atoms with Gasteiger partial charge in [-0.3, -0.25) is 9.48 Å². The van der Waals surface area contributed by atoms with Crippen LogP contribution in [0.1, 0.15) is 40.0 Å². The molecule has 1 amide bonds. The van der Waals surface area contributed by atoms with Gasteiger partial charge in [0, 0.05) is 12.8 Å². The Morgan fingerprint density at radius 2 is 2.29 bits per heavy atom. The van der Waals surface area contributed by atoms with Crippen LogP contribution in [-0.4, -0.2) is 52.2 Å². The summed E-state index contributed by atoms with van der Waals surface area (Å²) >= 11 is 0. The van der Waals surface area contributed by atoms with Crippen molar-refractivity contribution >= 4 is 17.6 Å². The third kappa shape index (κ3) is 4.55. The molecule has 0 saturated carbocycles. The molecule has 0 spiro atoms. The minimum Gasteiger partial charge on any atom is -0.479 e. The number of hydrogen-bond acceptors (Lipinski definition) is 5. The highest BCUT2D eigenvalue weighted by atomic mass is 16.5. The van der Waals surface area contributed by atoms with Crippen LogP contribution in [0.3, 0.4) is 0 Å². The summed E-state index contributed by atoms with van der Waals surface area (Å²) in [6, 6.07) is 0. The number of nitrogens with one attached hydrogen (secondary N) is 1. The van der Waals surface area contributed by atoms with Crippen molar-refractivity contribution in [1.82, 2.24) is 9.78 Å². The number of carboxylic acids is 1. The maximum atomic E-state index is 12.1. The lowest BCUT2D eigenvalue weighted by molar-refractivity contribution is -0.146. The summed E-state index contributed by atoms with van der Waals surface area (Å²) in [4.78, 5) is 23.4. The Hall–Kier alpha value is -1.93. The molecule has 2 N–H and O–H groups in total. The van der Waals surface area contributed by atoms with E-state index in [4.69, 9.17) is 9.47 Å². The molecule has 2 unspecified atom stereocenters. The number of nitrogens with zero attached hydrogens (tertiary/aromatic N) is 2. The average molecular weight is 339 g/mol. The Kier molecular flexibility index (Phi) is 5.95. The van der Waals surface area contributed by atoms with Gasteiger partial charge in [-0.25, -0.2) is 4.79 Å². The number of amides is 1. The molecule has 1 aliphatic rings. The highest BCUT2D eigenvalue weighted by Crippen LogP contribution is 2.18. The molecule has 1 fully saturated rings. The number of ether oxygens (including phenoxy) is 2. The molecule has 2 atom stereocenters. The van der Waals surface area contributed by atoms with Gasteiger partial charge in [0.05, 0.1) is 24.6 Å². The van der Waals surface area contributed by atoms with Gasteiger partial charge in [-0.2, -0.15) is 5.10 Å². The van der Waals surface area contributed by atoms with Gasteiger partial charge in [0.15, 0.2) is 5.54 Å². The minimum absolute atomic E-state index is 0.0492. The molecule has 1 saturated heterocycles. The van der Waals surface area contributed by atoms with Gasteiger partial charge in [0.25, 0.3) is 5.91 Å².